The number of rotatable bonds is 5. The number of aromatic nitrogens is 2. The summed E-state index contributed by atoms with van der Waals surface area (Å²) in [4.78, 5) is 4.47. The summed E-state index contributed by atoms with van der Waals surface area (Å²) >= 11 is 6.58. The van der Waals surface area contributed by atoms with E-state index >= 15 is 0 Å². The van der Waals surface area contributed by atoms with Crippen LogP contribution in [0.4, 0.5) is 0 Å². The second-order valence-corrected chi connectivity index (χ2v) is 6.84. The van der Waals surface area contributed by atoms with Crippen molar-refractivity contribution in [1.29, 1.82) is 0 Å². The second kappa shape index (κ2) is 6.65. The monoisotopic (exact) mass is 343 g/mol. The standard InChI is InChI=1S/C12H14BrN3S2/c1-2-11-15-12(18-16-11)17-10(7-14)8-3-5-9(13)6-4-8/h3-6,10H,2,7,14H2,1H3. The first-order valence-corrected chi connectivity index (χ1v) is 8.12. The molecule has 0 aliphatic rings. The zero-order valence-corrected chi connectivity index (χ0v) is 13.2. The van der Waals surface area contributed by atoms with Crippen molar-refractivity contribution in [3.05, 3.63) is 40.1 Å². The van der Waals surface area contributed by atoms with Crippen LogP contribution in [0.15, 0.2) is 33.1 Å². The van der Waals surface area contributed by atoms with Gasteiger partial charge in [-0.25, -0.2) is 4.98 Å². The molecular formula is C12H14BrN3S2. The average molecular weight is 344 g/mol. The number of hydrogen-bond donors (Lipinski definition) is 1. The van der Waals surface area contributed by atoms with Gasteiger partial charge in [0.25, 0.3) is 0 Å². The summed E-state index contributed by atoms with van der Waals surface area (Å²) in [6.07, 6.45) is 0.878. The van der Waals surface area contributed by atoms with E-state index in [-0.39, 0.29) is 5.25 Å². The Labute approximate surface area is 123 Å². The molecular weight excluding hydrogens is 330 g/mol. The molecule has 96 valence electrons. The average Bonchev–Trinajstić information content (AvgIpc) is 2.85. The van der Waals surface area contributed by atoms with Gasteiger partial charge >= 0.3 is 0 Å². The molecule has 2 aromatic rings. The first kappa shape index (κ1) is 14.0. The Morgan fingerprint density at radius 2 is 2.11 bits per heavy atom. The van der Waals surface area contributed by atoms with E-state index in [0.717, 1.165) is 21.1 Å². The molecule has 2 rings (SSSR count). The number of halogens is 1. The van der Waals surface area contributed by atoms with Crippen molar-refractivity contribution in [2.24, 2.45) is 5.73 Å². The summed E-state index contributed by atoms with van der Waals surface area (Å²) in [5.74, 6) is 0.911. The lowest BCUT2D eigenvalue weighted by Crippen LogP contribution is -2.09. The summed E-state index contributed by atoms with van der Waals surface area (Å²) < 4.78 is 6.36. The third kappa shape index (κ3) is 3.54. The molecule has 2 N–H and O–H groups in total. The third-order valence-electron chi connectivity index (χ3n) is 2.46. The van der Waals surface area contributed by atoms with Gasteiger partial charge in [-0.05, 0) is 29.2 Å². The maximum atomic E-state index is 5.85. The van der Waals surface area contributed by atoms with E-state index in [4.69, 9.17) is 5.73 Å². The van der Waals surface area contributed by atoms with Gasteiger partial charge in [-0.1, -0.05) is 46.7 Å². The number of benzene rings is 1. The topological polar surface area (TPSA) is 51.8 Å². The molecule has 0 saturated carbocycles. The Bertz CT molecular complexity index is 498. The van der Waals surface area contributed by atoms with Crippen LogP contribution in [0.5, 0.6) is 0 Å². The summed E-state index contributed by atoms with van der Waals surface area (Å²) in [7, 11) is 0. The summed E-state index contributed by atoms with van der Waals surface area (Å²) in [6, 6.07) is 8.26. The zero-order valence-electron chi connectivity index (χ0n) is 9.97. The van der Waals surface area contributed by atoms with Crippen molar-refractivity contribution in [2.75, 3.05) is 6.54 Å². The Morgan fingerprint density at radius 1 is 1.39 bits per heavy atom. The van der Waals surface area contributed by atoms with Gasteiger partial charge < -0.3 is 5.73 Å². The quantitative estimate of drug-likeness (QED) is 0.841. The molecule has 1 heterocycles. The van der Waals surface area contributed by atoms with E-state index in [9.17, 15) is 0 Å². The summed E-state index contributed by atoms with van der Waals surface area (Å²) in [5, 5.41) is 0.232. The molecule has 1 unspecified atom stereocenters. The van der Waals surface area contributed by atoms with Gasteiger partial charge in [0.05, 0.1) is 0 Å². The predicted molar refractivity (Wildman–Crippen MR) is 81.1 cm³/mol. The summed E-state index contributed by atoms with van der Waals surface area (Å²) in [5.41, 5.74) is 7.08. The van der Waals surface area contributed by atoms with Crippen molar-refractivity contribution >= 4 is 39.2 Å². The SMILES string of the molecule is CCc1nsc(SC(CN)c2ccc(Br)cc2)n1. The van der Waals surface area contributed by atoms with Crippen molar-refractivity contribution in [3.8, 4) is 0 Å². The third-order valence-corrected chi connectivity index (χ3v) is 5.10. The fourth-order valence-corrected chi connectivity index (χ4v) is 3.67. The molecule has 0 fully saturated rings. The largest absolute Gasteiger partial charge is 0.329 e. The molecule has 0 bridgehead atoms. The lowest BCUT2D eigenvalue weighted by atomic mass is 10.1. The molecule has 0 aliphatic carbocycles. The number of nitrogens with zero attached hydrogens (tertiary/aromatic N) is 2. The van der Waals surface area contributed by atoms with E-state index in [1.807, 2.05) is 12.1 Å². The number of aryl methyl sites for hydroxylation is 1. The van der Waals surface area contributed by atoms with Gasteiger partial charge in [-0.3, -0.25) is 0 Å². The highest BCUT2D eigenvalue weighted by Gasteiger charge is 2.14. The molecule has 1 atom stereocenters. The number of hydrogen-bond acceptors (Lipinski definition) is 5. The second-order valence-electron chi connectivity index (χ2n) is 3.72. The highest BCUT2D eigenvalue weighted by Crippen LogP contribution is 2.35. The van der Waals surface area contributed by atoms with E-state index in [1.54, 1.807) is 11.8 Å². The van der Waals surface area contributed by atoms with Crippen molar-refractivity contribution in [2.45, 2.75) is 22.9 Å². The molecule has 0 spiro atoms. The Kier molecular flexibility index (Phi) is 5.17. The highest BCUT2D eigenvalue weighted by atomic mass is 79.9. The first-order valence-electron chi connectivity index (χ1n) is 5.67. The Morgan fingerprint density at radius 3 is 2.67 bits per heavy atom. The van der Waals surface area contributed by atoms with Crippen LogP contribution in [0.3, 0.4) is 0 Å². The normalized spacial score (nSPS) is 12.6. The van der Waals surface area contributed by atoms with Gasteiger partial charge in [0.15, 0.2) is 4.34 Å². The van der Waals surface area contributed by atoms with Crippen LogP contribution in [-0.2, 0) is 6.42 Å². The minimum absolute atomic E-state index is 0.232. The zero-order chi connectivity index (χ0) is 13.0. The molecule has 1 aromatic carbocycles. The fourth-order valence-electron chi connectivity index (χ4n) is 1.48. The van der Waals surface area contributed by atoms with Gasteiger partial charge in [-0.2, -0.15) is 4.37 Å². The van der Waals surface area contributed by atoms with Gasteiger partial charge in [-0.15, -0.1) is 0 Å². The molecule has 0 amide bonds. The Balaban J connectivity index is 2.11. The molecule has 3 nitrogen and oxygen atoms in total. The van der Waals surface area contributed by atoms with Crippen LogP contribution in [0, 0.1) is 0 Å². The molecule has 18 heavy (non-hydrogen) atoms. The van der Waals surface area contributed by atoms with Crippen molar-refractivity contribution in [3.63, 3.8) is 0 Å². The molecule has 0 aliphatic heterocycles. The fraction of sp³-hybridized carbons (Fsp3) is 0.333. The van der Waals surface area contributed by atoms with Crippen LogP contribution in [0.1, 0.15) is 23.6 Å². The van der Waals surface area contributed by atoms with Crippen LogP contribution in [0.2, 0.25) is 0 Å². The molecule has 0 saturated heterocycles. The molecule has 0 radical (unpaired) electrons. The maximum absolute atomic E-state index is 5.85. The lowest BCUT2D eigenvalue weighted by molar-refractivity contribution is 0.931. The minimum atomic E-state index is 0.232. The van der Waals surface area contributed by atoms with E-state index in [2.05, 4.69) is 44.3 Å². The molecule has 1 aromatic heterocycles. The van der Waals surface area contributed by atoms with Crippen molar-refractivity contribution in [1.82, 2.24) is 9.36 Å². The Hall–Kier alpha value is -0.430. The van der Waals surface area contributed by atoms with Crippen LogP contribution in [0.25, 0.3) is 0 Å². The van der Waals surface area contributed by atoms with E-state index in [0.29, 0.717) is 6.54 Å². The first-order chi connectivity index (χ1) is 8.72. The van der Waals surface area contributed by atoms with E-state index < -0.39 is 0 Å². The van der Waals surface area contributed by atoms with Crippen LogP contribution < -0.4 is 5.73 Å². The van der Waals surface area contributed by atoms with E-state index in [1.165, 1.54) is 17.1 Å². The molecule has 6 heteroatoms. The van der Waals surface area contributed by atoms with Gasteiger partial charge in [0, 0.05) is 22.7 Å². The maximum Gasteiger partial charge on any atom is 0.170 e. The summed E-state index contributed by atoms with van der Waals surface area (Å²) in [6.45, 7) is 2.65. The highest BCUT2D eigenvalue weighted by molar-refractivity contribution is 9.10. The minimum Gasteiger partial charge on any atom is -0.329 e. The smallest absolute Gasteiger partial charge is 0.170 e. The number of nitrogens with two attached hydrogens (primary N) is 1. The van der Waals surface area contributed by atoms with Crippen LogP contribution >= 0.6 is 39.2 Å². The van der Waals surface area contributed by atoms with Gasteiger partial charge in [0.1, 0.15) is 5.82 Å². The van der Waals surface area contributed by atoms with Crippen molar-refractivity contribution < 1.29 is 0 Å². The van der Waals surface area contributed by atoms with Gasteiger partial charge in [0.2, 0.25) is 0 Å². The number of thioether (sulfide) groups is 1. The lowest BCUT2D eigenvalue weighted by Gasteiger charge is -2.12. The van der Waals surface area contributed by atoms with Crippen LogP contribution in [-0.4, -0.2) is 15.9 Å². The predicted octanol–water partition coefficient (Wildman–Crippen LogP) is 3.66.